The summed E-state index contributed by atoms with van der Waals surface area (Å²) in [6.45, 7) is 5.06. The van der Waals surface area contributed by atoms with E-state index in [4.69, 9.17) is 4.74 Å². The minimum absolute atomic E-state index is 0.239. The number of hydrogen-bond acceptors (Lipinski definition) is 4. The first-order chi connectivity index (χ1) is 9.95. The summed E-state index contributed by atoms with van der Waals surface area (Å²) in [5.74, 6) is -0.523. The van der Waals surface area contributed by atoms with Crippen molar-refractivity contribution in [1.82, 2.24) is 10.2 Å². The molecule has 0 atom stereocenters. The van der Waals surface area contributed by atoms with Gasteiger partial charge in [-0.15, -0.1) is 0 Å². The Bertz CT molecular complexity index is 691. The molecule has 0 aliphatic carbocycles. The highest BCUT2D eigenvalue weighted by Crippen LogP contribution is 2.29. The molecule has 2 rings (SSSR count). The standard InChI is InChI=1S/C15H17N3O3/c1-9-6-5-7-12(8-9)18(11(3)19)14-13(15(20)21-4)10(2)16-17-14/h5-8H,1-4H3,(H,16,17). The van der Waals surface area contributed by atoms with Crippen LogP contribution < -0.4 is 4.90 Å². The summed E-state index contributed by atoms with van der Waals surface area (Å²) < 4.78 is 4.77. The average molecular weight is 287 g/mol. The first-order valence-corrected chi connectivity index (χ1v) is 6.46. The lowest BCUT2D eigenvalue weighted by atomic mass is 10.1. The van der Waals surface area contributed by atoms with Crippen LogP contribution in [0.25, 0.3) is 0 Å². The third kappa shape index (κ3) is 2.79. The molecule has 0 aliphatic heterocycles. The highest BCUT2D eigenvalue weighted by atomic mass is 16.5. The molecule has 6 nitrogen and oxygen atoms in total. The summed E-state index contributed by atoms with van der Waals surface area (Å²) in [6.07, 6.45) is 0. The smallest absolute Gasteiger partial charge is 0.343 e. The van der Waals surface area contributed by atoms with Gasteiger partial charge in [-0.05, 0) is 31.5 Å². The number of carbonyl (C=O) groups excluding carboxylic acids is 2. The Labute approximate surface area is 122 Å². The van der Waals surface area contributed by atoms with Gasteiger partial charge in [0.2, 0.25) is 5.91 Å². The number of aryl methyl sites for hydroxylation is 2. The lowest BCUT2D eigenvalue weighted by molar-refractivity contribution is -0.115. The van der Waals surface area contributed by atoms with Crippen LogP contribution in [0.3, 0.4) is 0 Å². The second kappa shape index (κ2) is 5.78. The molecule has 0 spiro atoms. The van der Waals surface area contributed by atoms with Crippen LogP contribution in [-0.2, 0) is 9.53 Å². The fourth-order valence-electron chi connectivity index (χ4n) is 2.14. The summed E-state index contributed by atoms with van der Waals surface area (Å²) in [7, 11) is 1.29. The third-order valence-electron chi connectivity index (χ3n) is 3.10. The van der Waals surface area contributed by atoms with Gasteiger partial charge in [-0.2, -0.15) is 5.10 Å². The summed E-state index contributed by atoms with van der Waals surface area (Å²) in [5.41, 5.74) is 2.47. The van der Waals surface area contributed by atoms with Crippen molar-refractivity contribution in [3.63, 3.8) is 0 Å². The number of aromatic amines is 1. The van der Waals surface area contributed by atoms with Gasteiger partial charge in [0.05, 0.1) is 12.8 Å². The van der Waals surface area contributed by atoms with Gasteiger partial charge in [0.25, 0.3) is 0 Å². The second-order valence-electron chi connectivity index (χ2n) is 4.73. The molecule has 1 amide bonds. The molecule has 0 radical (unpaired) electrons. The number of benzene rings is 1. The molecule has 1 aromatic heterocycles. The maximum Gasteiger partial charge on any atom is 0.343 e. The van der Waals surface area contributed by atoms with E-state index in [0.29, 0.717) is 11.4 Å². The second-order valence-corrected chi connectivity index (χ2v) is 4.73. The molecule has 0 fully saturated rings. The number of nitrogens with zero attached hydrogens (tertiary/aromatic N) is 2. The van der Waals surface area contributed by atoms with E-state index in [2.05, 4.69) is 10.2 Å². The molecule has 110 valence electrons. The van der Waals surface area contributed by atoms with E-state index >= 15 is 0 Å². The van der Waals surface area contributed by atoms with Crippen LogP contribution in [0.1, 0.15) is 28.5 Å². The molecule has 2 aromatic rings. The molecular formula is C15H17N3O3. The number of aromatic nitrogens is 2. The van der Waals surface area contributed by atoms with Crippen molar-refractivity contribution in [3.05, 3.63) is 41.1 Å². The van der Waals surface area contributed by atoms with Crippen molar-refractivity contribution in [2.75, 3.05) is 12.0 Å². The molecule has 0 bridgehead atoms. The van der Waals surface area contributed by atoms with Crippen LogP contribution >= 0.6 is 0 Å². The molecule has 1 N–H and O–H groups in total. The van der Waals surface area contributed by atoms with Gasteiger partial charge in [0, 0.05) is 12.6 Å². The number of rotatable bonds is 3. The number of methoxy groups -OCH3 is 1. The minimum atomic E-state index is -0.532. The number of amides is 1. The number of H-pyrrole nitrogens is 1. The lowest BCUT2D eigenvalue weighted by Crippen LogP contribution is -2.25. The van der Waals surface area contributed by atoms with E-state index in [1.807, 2.05) is 25.1 Å². The zero-order chi connectivity index (χ0) is 15.6. The first kappa shape index (κ1) is 14.8. The molecule has 0 aliphatic rings. The van der Waals surface area contributed by atoms with E-state index in [0.717, 1.165) is 5.56 Å². The monoisotopic (exact) mass is 287 g/mol. The summed E-state index contributed by atoms with van der Waals surface area (Å²) in [4.78, 5) is 25.4. The molecular weight excluding hydrogens is 270 g/mol. The van der Waals surface area contributed by atoms with Gasteiger partial charge in [0.1, 0.15) is 5.56 Å². The van der Waals surface area contributed by atoms with Crippen LogP contribution in [0.2, 0.25) is 0 Å². The molecule has 1 heterocycles. The Balaban J connectivity index is 2.60. The van der Waals surface area contributed by atoms with Crippen LogP contribution in [0.4, 0.5) is 11.5 Å². The lowest BCUT2D eigenvalue weighted by Gasteiger charge is -2.20. The number of nitrogens with one attached hydrogen (secondary N) is 1. The molecule has 0 saturated carbocycles. The van der Waals surface area contributed by atoms with E-state index in [1.165, 1.54) is 18.9 Å². The fourth-order valence-corrected chi connectivity index (χ4v) is 2.14. The van der Waals surface area contributed by atoms with Crippen LogP contribution in [0.5, 0.6) is 0 Å². The average Bonchev–Trinajstić information content (AvgIpc) is 2.79. The van der Waals surface area contributed by atoms with Crippen molar-refractivity contribution in [2.45, 2.75) is 20.8 Å². The van der Waals surface area contributed by atoms with Gasteiger partial charge >= 0.3 is 5.97 Å². The van der Waals surface area contributed by atoms with E-state index in [-0.39, 0.29) is 17.3 Å². The Morgan fingerprint density at radius 1 is 1.29 bits per heavy atom. The normalized spacial score (nSPS) is 10.3. The topological polar surface area (TPSA) is 75.3 Å². The van der Waals surface area contributed by atoms with Gasteiger partial charge in [0.15, 0.2) is 5.82 Å². The maximum atomic E-state index is 12.0. The number of esters is 1. The molecule has 21 heavy (non-hydrogen) atoms. The Kier molecular flexibility index (Phi) is 4.07. The Morgan fingerprint density at radius 3 is 2.57 bits per heavy atom. The molecule has 6 heteroatoms. The highest BCUT2D eigenvalue weighted by molar-refractivity contribution is 6.05. The summed E-state index contributed by atoms with van der Waals surface area (Å²) in [5, 5.41) is 6.82. The number of anilines is 2. The zero-order valence-electron chi connectivity index (χ0n) is 12.4. The summed E-state index contributed by atoms with van der Waals surface area (Å²) in [6, 6.07) is 7.42. The van der Waals surface area contributed by atoms with Crippen molar-refractivity contribution < 1.29 is 14.3 Å². The minimum Gasteiger partial charge on any atom is -0.465 e. The van der Waals surface area contributed by atoms with Gasteiger partial charge in [-0.1, -0.05) is 12.1 Å². The number of carbonyl (C=O) groups is 2. The number of ether oxygens (including phenoxy) is 1. The Morgan fingerprint density at radius 2 is 2.00 bits per heavy atom. The van der Waals surface area contributed by atoms with Crippen molar-refractivity contribution in [1.29, 1.82) is 0 Å². The molecule has 1 aromatic carbocycles. The highest BCUT2D eigenvalue weighted by Gasteiger charge is 2.26. The van der Waals surface area contributed by atoms with Gasteiger partial charge in [-0.3, -0.25) is 14.8 Å². The van der Waals surface area contributed by atoms with E-state index < -0.39 is 5.97 Å². The van der Waals surface area contributed by atoms with E-state index in [1.54, 1.807) is 13.0 Å². The van der Waals surface area contributed by atoms with Crippen molar-refractivity contribution in [3.8, 4) is 0 Å². The van der Waals surface area contributed by atoms with Crippen LogP contribution in [-0.4, -0.2) is 29.2 Å². The van der Waals surface area contributed by atoms with Crippen LogP contribution in [0.15, 0.2) is 24.3 Å². The predicted molar refractivity (Wildman–Crippen MR) is 78.7 cm³/mol. The quantitative estimate of drug-likeness (QED) is 0.880. The Hall–Kier alpha value is -2.63. The largest absolute Gasteiger partial charge is 0.465 e. The van der Waals surface area contributed by atoms with Gasteiger partial charge < -0.3 is 4.74 Å². The SMILES string of the molecule is COC(=O)c1c(N(C(C)=O)c2cccc(C)c2)n[nH]c1C. The summed E-state index contributed by atoms with van der Waals surface area (Å²) >= 11 is 0. The molecule has 0 unspecified atom stereocenters. The van der Waals surface area contributed by atoms with Crippen molar-refractivity contribution in [2.24, 2.45) is 0 Å². The fraction of sp³-hybridized carbons (Fsp3) is 0.267. The van der Waals surface area contributed by atoms with Crippen LogP contribution in [0, 0.1) is 13.8 Å². The number of hydrogen-bond donors (Lipinski definition) is 1. The first-order valence-electron chi connectivity index (χ1n) is 6.46. The zero-order valence-corrected chi connectivity index (χ0v) is 12.4. The molecule has 0 saturated heterocycles. The van der Waals surface area contributed by atoms with Gasteiger partial charge in [-0.25, -0.2) is 4.79 Å². The van der Waals surface area contributed by atoms with E-state index in [9.17, 15) is 9.59 Å². The van der Waals surface area contributed by atoms with Crippen molar-refractivity contribution >= 4 is 23.4 Å². The predicted octanol–water partition coefficient (Wildman–Crippen LogP) is 2.50. The maximum absolute atomic E-state index is 12.0. The third-order valence-corrected chi connectivity index (χ3v) is 3.10.